The van der Waals surface area contributed by atoms with Crippen LogP contribution in [0.4, 0.5) is 5.13 Å². The lowest BCUT2D eigenvalue weighted by Crippen LogP contribution is -2.37. The molecule has 1 fully saturated rings. The molecule has 0 saturated carbocycles. The third-order valence-corrected chi connectivity index (χ3v) is 10.1. The van der Waals surface area contributed by atoms with Gasteiger partial charge in [0.05, 0.1) is 27.4 Å². The number of aryl methyl sites for hydroxylation is 1. The second-order valence-corrected chi connectivity index (χ2v) is 12.7. The summed E-state index contributed by atoms with van der Waals surface area (Å²) in [4.78, 5) is 24.7. The Kier molecular flexibility index (Phi) is 7.31. The number of rotatable bonds is 6. The van der Waals surface area contributed by atoms with Gasteiger partial charge in [-0.3, -0.25) is 14.7 Å². The summed E-state index contributed by atoms with van der Waals surface area (Å²) in [5.74, 6) is 0.239. The predicted octanol–water partition coefficient (Wildman–Crippen LogP) is 5.92. The van der Waals surface area contributed by atoms with Crippen LogP contribution >= 0.6 is 22.9 Å². The van der Waals surface area contributed by atoms with Crippen molar-refractivity contribution in [2.75, 3.05) is 18.0 Å². The molecular weight excluding hydrogens is 528 g/mol. The number of carbonyl (C=O) groups is 1. The van der Waals surface area contributed by atoms with Crippen molar-refractivity contribution in [2.45, 2.75) is 38.1 Å². The zero-order valence-electron chi connectivity index (χ0n) is 20.6. The van der Waals surface area contributed by atoms with E-state index in [4.69, 9.17) is 16.6 Å². The molecule has 0 spiro atoms. The molecule has 3 heterocycles. The molecule has 192 valence electrons. The third-order valence-electron chi connectivity index (χ3n) is 6.74. The van der Waals surface area contributed by atoms with E-state index in [-0.39, 0.29) is 17.3 Å². The van der Waals surface area contributed by atoms with Gasteiger partial charge in [-0.15, -0.1) is 0 Å². The SMILES string of the molecule is Cc1c(Cl)ccc2sc(N(Cc3ccccn3)C(=O)c3ccc(S(=O)(=O)N4CCC(C)CC4)cc3)nc12. The summed E-state index contributed by atoms with van der Waals surface area (Å²) in [6.45, 7) is 5.30. The van der Waals surface area contributed by atoms with E-state index in [1.165, 1.54) is 27.8 Å². The molecule has 37 heavy (non-hydrogen) atoms. The largest absolute Gasteiger partial charge is 0.278 e. The molecule has 4 aromatic rings. The molecule has 1 amide bonds. The minimum atomic E-state index is -3.60. The van der Waals surface area contributed by atoms with Gasteiger partial charge < -0.3 is 0 Å². The number of sulfonamides is 1. The first-order valence-corrected chi connectivity index (χ1v) is 14.7. The minimum Gasteiger partial charge on any atom is -0.278 e. The number of nitrogens with zero attached hydrogens (tertiary/aromatic N) is 4. The number of amides is 1. The molecule has 1 aliphatic heterocycles. The van der Waals surface area contributed by atoms with E-state index in [2.05, 4.69) is 11.9 Å². The van der Waals surface area contributed by atoms with Crippen LogP contribution in [-0.4, -0.2) is 41.7 Å². The fraction of sp³-hybridized carbons (Fsp3) is 0.296. The van der Waals surface area contributed by atoms with Crippen molar-refractivity contribution >= 4 is 54.2 Å². The number of fused-ring (bicyclic) bond motifs is 1. The normalized spacial score (nSPS) is 15.2. The highest BCUT2D eigenvalue weighted by atomic mass is 35.5. The van der Waals surface area contributed by atoms with Gasteiger partial charge in [0, 0.05) is 29.9 Å². The summed E-state index contributed by atoms with van der Waals surface area (Å²) in [5, 5.41) is 1.14. The fourth-order valence-corrected chi connectivity index (χ4v) is 7.03. The second kappa shape index (κ2) is 10.5. The molecule has 0 bridgehead atoms. The standard InChI is InChI=1S/C27H27ClN4O3S2/c1-18-12-15-31(16-13-18)37(34,35)22-8-6-20(7-9-22)26(33)32(17-21-5-3-4-14-29-21)27-30-25-19(2)23(28)10-11-24(25)36-27/h3-11,14,18H,12-13,15-17H2,1-2H3. The summed E-state index contributed by atoms with van der Waals surface area (Å²) < 4.78 is 28.7. The van der Waals surface area contributed by atoms with Crippen molar-refractivity contribution in [3.8, 4) is 0 Å². The van der Waals surface area contributed by atoms with Gasteiger partial charge in [-0.05, 0) is 79.8 Å². The Morgan fingerprint density at radius 1 is 1.11 bits per heavy atom. The van der Waals surface area contributed by atoms with E-state index >= 15 is 0 Å². The predicted molar refractivity (Wildman–Crippen MR) is 148 cm³/mol. The Morgan fingerprint density at radius 2 is 1.84 bits per heavy atom. The van der Waals surface area contributed by atoms with Crippen LogP contribution in [0.1, 0.15) is 41.4 Å². The van der Waals surface area contributed by atoms with Gasteiger partial charge in [0.1, 0.15) is 0 Å². The molecule has 0 atom stereocenters. The molecule has 0 unspecified atom stereocenters. The number of aromatic nitrogens is 2. The number of hydrogen-bond donors (Lipinski definition) is 0. The lowest BCUT2D eigenvalue weighted by atomic mass is 10.0. The fourth-order valence-electron chi connectivity index (χ4n) is 4.38. The zero-order valence-corrected chi connectivity index (χ0v) is 23.0. The Morgan fingerprint density at radius 3 is 2.51 bits per heavy atom. The van der Waals surface area contributed by atoms with E-state index in [0.717, 1.165) is 28.6 Å². The van der Waals surface area contributed by atoms with Crippen molar-refractivity contribution < 1.29 is 13.2 Å². The van der Waals surface area contributed by atoms with Crippen LogP contribution in [0, 0.1) is 12.8 Å². The van der Waals surface area contributed by atoms with Crippen molar-refractivity contribution in [3.63, 3.8) is 0 Å². The molecule has 5 rings (SSSR count). The maximum Gasteiger partial charge on any atom is 0.260 e. The summed E-state index contributed by atoms with van der Waals surface area (Å²) >= 11 is 7.70. The van der Waals surface area contributed by atoms with Crippen molar-refractivity contribution in [1.82, 2.24) is 14.3 Å². The highest BCUT2D eigenvalue weighted by Crippen LogP contribution is 2.35. The Hall–Kier alpha value is -2.85. The van der Waals surface area contributed by atoms with Crippen molar-refractivity contribution in [1.29, 1.82) is 0 Å². The van der Waals surface area contributed by atoms with E-state index in [1.807, 2.05) is 37.3 Å². The molecule has 7 nitrogen and oxygen atoms in total. The number of carbonyl (C=O) groups excluding carboxylic acids is 1. The maximum atomic E-state index is 13.8. The minimum absolute atomic E-state index is 0.195. The van der Waals surface area contributed by atoms with Gasteiger partial charge in [-0.25, -0.2) is 13.4 Å². The number of pyridine rings is 1. The van der Waals surface area contributed by atoms with E-state index in [1.54, 1.807) is 23.2 Å². The van der Waals surface area contributed by atoms with Crippen LogP contribution in [0.2, 0.25) is 5.02 Å². The number of anilines is 1. The van der Waals surface area contributed by atoms with Crippen LogP contribution in [0.15, 0.2) is 65.7 Å². The van der Waals surface area contributed by atoms with E-state index in [9.17, 15) is 13.2 Å². The van der Waals surface area contributed by atoms with Crippen LogP contribution < -0.4 is 4.90 Å². The Labute approximate surface area is 225 Å². The maximum absolute atomic E-state index is 13.8. The molecule has 2 aromatic heterocycles. The average molecular weight is 555 g/mol. The lowest BCUT2D eigenvalue weighted by molar-refractivity contribution is 0.0984. The number of halogens is 1. The number of hydrogen-bond acceptors (Lipinski definition) is 6. The lowest BCUT2D eigenvalue weighted by Gasteiger charge is -2.29. The quantitative estimate of drug-likeness (QED) is 0.295. The monoisotopic (exact) mass is 554 g/mol. The van der Waals surface area contributed by atoms with Gasteiger partial charge in [-0.1, -0.05) is 35.9 Å². The molecule has 0 N–H and O–H groups in total. The number of piperidine rings is 1. The van der Waals surface area contributed by atoms with Gasteiger partial charge in [0.15, 0.2) is 5.13 Å². The molecular formula is C27H27ClN4O3S2. The molecule has 10 heteroatoms. The van der Waals surface area contributed by atoms with Crippen LogP contribution in [-0.2, 0) is 16.6 Å². The highest BCUT2D eigenvalue weighted by Gasteiger charge is 2.29. The van der Waals surface area contributed by atoms with Gasteiger partial charge >= 0.3 is 0 Å². The first kappa shape index (κ1) is 25.8. The Balaban J connectivity index is 1.47. The number of benzene rings is 2. The summed E-state index contributed by atoms with van der Waals surface area (Å²) in [6.07, 6.45) is 3.39. The summed E-state index contributed by atoms with van der Waals surface area (Å²) in [5.41, 5.74) is 2.69. The van der Waals surface area contributed by atoms with Gasteiger partial charge in [0.2, 0.25) is 10.0 Å². The Bertz CT molecular complexity index is 1530. The van der Waals surface area contributed by atoms with Crippen LogP contribution in [0.5, 0.6) is 0 Å². The first-order valence-electron chi connectivity index (χ1n) is 12.1. The molecule has 0 aliphatic carbocycles. The van der Waals surface area contributed by atoms with E-state index < -0.39 is 10.0 Å². The second-order valence-electron chi connectivity index (χ2n) is 9.34. The smallest absolute Gasteiger partial charge is 0.260 e. The molecule has 2 aromatic carbocycles. The number of thiazole rings is 1. The summed E-state index contributed by atoms with van der Waals surface area (Å²) in [6, 6.07) is 15.4. The summed E-state index contributed by atoms with van der Waals surface area (Å²) in [7, 11) is -3.60. The van der Waals surface area contributed by atoms with Gasteiger partial charge in [0.25, 0.3) is 5.91 Å². The van der Waals surface area contributed by atoms with Crippen molar-refractivity contribution in [2.24, 2.45) is 5.92 Å². The first-order chi connectivity index (χ1) is 17.7. The highest BCUT2D eigenvalue weighted by molar-refractivity contribution is 7.89. The molecule has 0 radical (unpaired) electrons. The zero-order chi connectivity index (χ0) is 26.2. The third kappa shape index (κ3) is 5.27. The van der Waals surface area contributed by atoms with Gasteiger partial charge in [-0.2, -0.15) is 4.31 Å². The molecule has 1 saturated heterocycles. The topological polar surface area (TPSA) is 83.5 Å². The van der Waals surface area contributed by atoms with E-state index in [0.29, 0.717) is 40.4 Å². The average Bonchev–Trinajstić information content (AvgIpc) is 3.35. The van der Waals surface area contributed by atoms with Crippen LogP contribution in [0.3, 0.4) is 0 Å². The molecule has 1 aliphatic rings. The van der Waals surface area contributed by atoms with Crippen LogP contribution in [0.25, 0.3) is 10.2 Å². The van der Waals surface area contributed by atoms with Crippen molar-refractivity contribution in [3.05, 3.63) is 82.6 Å².